The van der Waals surface area contributed by atoms with Crippen molar-refractivity contribution in [1.29, 1.82) is 0 Å². The van der Waals surface area contributed by atoms with E-state index >= 15 is 0 Å². The lowest BCUT2D eigenvalue weighted by Gasteiger charge is -2.07. The Morgan fingerprint density at radius 3 is 2.42 bits per heavy atom. The highest BCUT2D eigenvalue weighted by molar-refractivity contribution is 5.98. The fourth-order valence-corrected chi connectivity index (χ4v) is 3.29. The molecular weight excluding hydrogens is 391 g/mol. The molecule has 0 aliphatic rings. The largest absolute Gasteiger partial charge is 0.481 e. The molecule has 3 aromatic carbocycles. The Morgan fingerprint density at radius 2 is 1.74 bits per heavy atom. The van der Waals surface area contributed by atoms with Gasteiger partial charge in [0.05, 0.1) is 6.42 Å². The Labute approximate surface area is 182 Å². The summed E-state index contributed by atoms with van der Waals surface area (Å²) < 4.78 is 14.5. The number of aliphatic carboxylic acids is 1. The average molecular weight is 419 g/mol. The minimum Gasteiger partial charge on any atom is -0.481 e. The van der Waals surface area contributed by atoms with Gasteiger partial charge in [0.25, 0.3) is 0 Å². The monoisotopic (exact) mass is 418 g/mol. The lowest BCUT2D eigenvalue weighted by molar-refractivity contribution is -0.136. The van der Waals surface area contributed by atoms with Crippen LogP contribution >= 0.6 is 0 Å². The Hall–Kier alpha value is -3.31. The Morgan fingerprint density at radius 1 is 1.00 bits per heavy atom. The number of nitrogens with zero attached hydrogens (tertiary/aromatic N) is 1. The van der Waals surface area contributed by atoms with E-state index in [0.29, 0.717) is 31.6 Å². The van der Waals surface area contributed by atoms with Crippen molar-refractivity contribution in [2.45, 2.75) is 26.3 Å². The molecule has 0 unspecified atom stereocenters. The fraction of sp³-hybridized carbons (Fsp3) is 0.231. The third-order valence-electron chi connectivity index (χ3n) is 5.11. The summed E-state index contributed by atoms with van der Waals surface area (Å²) in [6.45, 7) is 3.55. The van der Waals surface area contributed by atoms with Gasteiger partial charge in [-0.2, -0.15) is 0 Å². The maximum atomic E-state index is 14.5. The molecule has 0 spiro atoms. The van der Waals surface area contributed by atoms with Crippen LogP contribution < -0.4 is 5.32 Å². The summed E-state index contributed by atoms with van der Waals surface area (Å²) in [7, 11) is 0. The first-order valence-electron chi connectivity index (χ1n) is 10.4. The van der Waals surface area contributed by atoms with E-state index < -0.39 is 5.97 Å². The normalized spacial score (nSPS) is 11.5. The predicted molar refractivity (Wildman–Crippen MR) is 123 cm³/mol. The summed E-state index contributed by atoms with van der Waals surface area (Å²) in [5, 5.41) is 11.8. The molecule has 0 radical (unpaired) electrons. The molecule has 0 aliphatic carbocycles. The van der Waals surface area contributed by atoms with Crippen LogP contribution in [0, 0.1) is 5.82 Å². The first-order chi connectivity index (χ1) is 15.0. The van der Waals surface area contributed by atoms with Gasteiger partial charge in [0.1, 0.15) is 5.82 Å². The van der Waals surface area contributed by atoms with Crippen LogP contribution in [-0.4, -0.2) is 29.9 Å². The molecule has 0 amide bonds. The van der Waals surface area contributed by atoms with Gasteiger partial charge in [0.2, 0.25) is 0 Å². The zero-order valence-electron chi connectivity index (χ0n) is 17.6. The number of rotatable bonds is 10. The smallest absolute Gasteiger partial charge is 0.304 e. The second-order valence-electron chi connectivity index (χ2n) is 7.41. The first-order valence-corrected chi connectivity index (χ1v) is 10.4. The molecule has 31 heavy (non-hydrogen) atoms. The Bertz CT molecular complexity index is 1030. The molecule has 160 valence electrons. The van der Waals surface area contributed by atoms with Gasteiger partial charge >= 0.3 is 5.97 Å². The third kappa shape index (κ3) is 6.86. The van der Waals surface area contributed by atoms with Gasteiger partial charge < -0.3 is 10.4 Å². The van der Waals surface area contributed by atoms with Crippen molar-refractivity contribution in [1.82, 2.24) is 5.32 Å². The lowest BCUT2D eigenvalue weighted by atomic mass is 10.0. The van der Waals surface area contributed by atoms with Crippen LogP contribution in [0.2, 0.25) is 0 Å². The van der Waals surface area contributed by atoms with Gasteiger partial charge in [-0.15, -0.1) is 0 Å². The molecule has 0 bridgehead atoms. The molecule has 0 atom stereocenters. The third-order valence-corrected chi connectivity index (χ3v) is 5.11. The van der Waals surface area contributed by atoms with Crippen molar-refractivity contribution in [3.63, 3.8) is 0 Å². The number of nitrogens with one attached hydrogen (secondary N) is 1. The molecule has 3 aromatic rings. The SMILES string of the molecule is C/C(=N\CCc1ccc(-c2ccccc2)cc1F)c1ccc(CNCCC(=O)O)cc1. The number of halogens is 1. The van der Waals surface area contributed by atoms with Gasteiger partial charge in [-0.05, 0) is 47.2 Å². The van der Waals surface area contributed by atoms with Gasteiger partial charge in [-0.3, -0.25) is 9.79 Å². The van der Waals surface area contributed by atoms with Crippen molar-refractivity contribution in [2.24, 2.45) is 4.99 Å². The van der Waals surface area contributed by atoms with Crippen molar-refractivity contribution in [2.75, 3.05) is 13.1 Å². The quantitative estimate of drug-likeness (QED) is 0.355. The maximum absolute atomic E-state index is 14.5. The molecular formula is C26H27FN2O2. The summed E-state index contributed by atoms with van der Waals surface area (Å²) in [4.78, 5) is 15.1. The van der Waals surface area contributed by atoms with E-state index in [1.54, 1.807) is 6.07 Å². The van der Waals surface area contributed by atoms with Gasteiger partial charge in [0, 0.05) is 25.3 Å². The van der Waals surface area contributed by atoms with E-state index in [2.05, 4.69) is 10.3 Å². The zero-order chi connectivity index (χ0) is 22.1. The second kappa shape index (κ2) is 11.2. The molecule has 0 aliphatic heterocycles. The first kappa shape index (κ1) is 22.4. The average Bonchev–Trinajstić information content (AvgIpc) is 2.78. The minimum atomic E-state index is -0.804. The topological polar surface area (TPSA) is 61.7 Å². The summed E-state index contributed by atoms with van der Waals surface area (Å²) >= 11 is 0. The molecule has 4 nitrogen and oxygen atoms in total. The van der Waals surface area contributed by atoms with E-state index in [9.17, 15) is 9.18 Å². The molecule has 0 fully saturated rings. The van der Waals surface area contributed by atoms with Crippen LogP contribution in [0.3, 0.4) is 0 Å². The van der Waals surface area contributed by atoms with E-state index in [1.165, 1.54) is 0 Å². The minimum absolute atomic E-state index is 0.111. The van der Waals surface area contributed by atoms with Crippen LogP contribution in [0.4, 0.5) is 4.39 Å². The predicted octanol–water partition coefficient (Wildman–Crippen LogP) is 5.11. The maximum Gasteiger partial charge on any atom is 0.304 e. The summed E-state index contributed by atoms with van der Waals surface area (Å²) in [6.07, 6.45) is 0.656. The Balaban J connectivity index is 1.53. The molecule has 2 N–H and O–H groups in total. The number of hydrogen-bond donors (Lipinski definition) is 2. The highest BCUT2D eigenvalue weighted by Gasteiger charge is 2.05. The summed E-state index contributed by atoms with van der Waals surface area (Å²) in [5.74, 6) is -1.00. The number of aliphatic imine (C=N–C) groups is 1. The van der Waals surface area contributed by atoms with Gasteiger partial charge in [-0.1, -0.05) is 66.7 Å². The van der Waals surface area contributed by atoms with Crippen LogP contribution in [0.1, 0.15) is 30.0 Å². The van der Waals surface area contributed by atoms with Crippen molar-refractivity contribution in [3.05, 3.63) is 95.3 Å². The Kier molecular flexibility index (Phi) is 8.07. The number of benzene rings is 3. The molecule has 0 saturated carbocycles. The van der Waals surface area contributed by atoms with Crippen LogP contribution in [0.15, 0.2) is 77.8 Å². The fourth-order valence-electron chi connectivity index (χ4n) is 3.29. The van der Waals surface area contributed by atoms with E-state index in [0.717, 1.165) is 28.0 Å². The summed E-state index contributed by atoms with van der Waals surface area (Å²) in [6, 6.07) is 23.2. The number of carbonyl (C=O) groups is 1. The van der Waals surface area contributed by atoms with Crippen molar-refractivity contribution >= 4 is 11.7 Å². The number of hydrogen-bond acceptors (Lipinski definition) is 3. The second-order valence-corrected chi connectivity index (χ2v) is 7.41. The van der Waals surface area contributed by atoms with Gasteiger partial charge in [0.15, 0.2) is 0 Å². The van der Waals surface area contributed by atoms with Crippen LogP contribution in [-0.2, 0) is 17.8 Å². The standard InChI is InChI=1S/C26H27FN2O2/c1-19(21-9-7-20(8-10-21)18-28-15-14-26(30)31)29-16-13-23-11-12-24(17-25(23)27)22-5-3-2-4-6-22/h2-12,17,28H,13-16,18H2,1H3,(H,30,31)/b29-19+. The van der Waals surface area contributed by atoms with Crippen molar-refractivity contribution in [3.8, 4) is 11.1 Å². The molecule has 5 heteroatoms. The number of carboxylic acids is 1. The lowest BCUT2D eigenvalue weighted by Crippen LogP contribution is -2.17. The highest BCUT2D eigenvalue weighted by atomic mass is 19.1. The van der Waals surface area contributed by atoms with Crippen LogP contribution in [0.25, 0.3) is 11.1 Å². The molecule has 3 rings (SSSR count). The van der Waals surface area contributed by atoms with E-state index in [-0.39, 0.29) is 12.2 Å². The molecule has 0 aromatic heterocycles. The zero-order valence-corrected chi connectivity index (χ0v) is 17.6. The van der Waals surface area contributed by atoms with Crippen LogP contribution in [0.5, 0.6) is 0 Å². The van der Waals surface area contributed by atoms with Crippen molar-refractivity contribution < 1.29 is 14.3 Å². The van der Waals surface area contributed by atoms with Gasteiger partial charge in [-0.25, -0.2) is 4.39 Å². The number of carboxylic acid groups (broad SMARTS) is 1. The van der Waals surface area contributed by atoms with E-state index in [4.69, 9.17) is 5.11 Å². The molecule has 0 heterocycles. The van der Waals surface area contributed by atoms with E-state index in [1.807, 2.05) is 73.7 Å². The highest BCUT2D eigenvalue weighted by Crippen LogP contribution is 2.22. The molecule has 0 saturated heterocycles. The summed E-state index contributed by atoms with van der Waals surface area (Å²) in [5.41, 5.74) is 5.56.